The van der Waals surface area contributed by atoms with Gasteiger partial charge in [-0.05, 0) is 0 Å². The third kappa shape index (κ3) is 16.6. The van der Waals surface area contributed by atoms with Crippen molar-refractivity contribution in [2.75, 3.05) is 7.11 Å². The third-order valence-electron chi connectivity index (χ3n) is 0.944. The second kappa shape index (κ2) is 12.1. The van der Waals surface area contributed by atoms with E-state index < -0.39 is 30.1 Å². The van der Waals surface area contributed by atoms with Crippen LogP contribution in [0.1, 0.15) is 0 Å². The Morgan fingerprint density at radius 3 is 1.15 bits per heavy atom. The molecule has 2 atom stereocenters. The van der Waals surface area contributed by atoms with E-state index in [-0.39, 0.29) is 0 Å². The summed E-state index contributed by atoms with van der Waals surface area (Å²) in [6.07, 6.45) is -16.5. The highest BCUT2D eigenvalue weighted by Gasteiger charge is 2.42. The highest BCUT2D eigenvalue weighted by atomic mass is 36.5. The summed E-state index contributed by atoms with van der Waals surface area (Å²) in [7, 11) is 8.87. The molecule has 0 heterocycles. The summed E-state index contributed by atoms with van der Waals surface area (Å²) in [5.41, 5.74) is 0. The normalized spacial score (nSPS) is 14.7. The van der Waals surface area contributed by atoms with Gasteiger partial charge in [-0.1, -0.05) is 23.2 Å². The summed E-state index contributed by atoms with van der Waals surface area (Å²) in [6.45, 7) is 0. The van der Waals surface area contributed by atoms with Gasteiger partial charge in [-0.2, -0.15) is 26.3 Å². The minimum atomic E-state index is -5.07. The lowest BCUT2D eigenvalue weighted by molar-refractivity contribution is -0.262. The minimum Gasteiger partial charge on any atom is -0.345 e. The van der Waals surface area contributed by atoms with Crippen LogP contribution in [0.25, 0.3) is 0 Å². The SMILES string of the molecule is COC(F)C(F)(F)F.ClCl.FC(OC(Cl)Cl)C(F)(F)F. The summed E-state index contributed by atoms with van der Waals surface area (Å²) < 4.78 is 96.0. The van der Waals surface area contributed by atoms with Crippen molar-refractivity contribution in [1.82, 2.24) is 0 Å². The number of rotatable bonds is 3. The third-order valence-corrected chi connectivity index (χ3v) is 1.15. The Morgan fingerprint density at radius 2 is 1.10 bits per heavy atom. The van der Waals surface area contributed by atoms with Gasteiger partial charge in [0.1, 0.15) is 0 Å². The van der Waals surface area contributed by atoms with Crippen LogP contribution in [0.3, 0.4) is 0 Å². The fourth-order valence-electron chi connectivity index (χ4n) is 0.301. The number of alkyl halides is 10. The maximum atomic E-state index is 11.6. The first-order valence-electron chi connectivity index (χ1n) is 3.84. The molecule has 0 aromatic carbocycles. The molecule has 0 fully saturated rings. The largest absolute Gasteiger partial charge is 0.445 e. The molecule has 0 rings (SSSR count). The van der Waals surface area contributed by atoms with E-state index in [0.717, 1.165) is 0 Å². The van der Waals surface area contributed by atoms with Crippen LogP contribution in [0, 0.1) is 0 Å². The molecule has 2 nitrogen and oxygen atoms in total. The van der Waals surface area contributed by atoms with Gasteiger partial charge >= 0.3 is 12.4 Å². The Kier molecular flexibility index (Phi) is 15.4. The summed E-state index contributed by atoms with van der Waals surface area (Å²) in [4.78, 5) is 0. The highest BCUT2D eigenvalue weighted by molar-refractivity contribution is 6.85. The van der Waals surface area contributed by atoms with Crippen LogP contribution in [0.2, 0.25) is 0 Å². The maximum absolute atomic E-state index is 11.6. The Bertz CT molecular complexity index is 224. The average molecular weight is 404 g/mol. The molecule has 2 unspecified atom stereocenters. The van der Waals surface area contributed by atoms with Crippen LogP contribution in [-0.2, 0) is 9.47 Å². The molecule has 14 heteroatoms. The zero-order valence-electron chi connectivity index (χ0n) is 9.08. The molecule has 126 valence electrons. The fraction of sp³-hybridized carbons (Fsp3) is 1.00. The van der Waals surface area contributed by atoms with Crippen molar-refractivity contribution >= 4 is 44.9 Å². The molecule has 20 heavy (non-hydrogen) atoms. The van der Waals surface area contributed by atoms with Crippen LogP contribution in [-0.4, -0.2) is 37.2 Å². The molecule has 0 radical (unpaired) electrons. The van der Waals surface area contributed by atoms with Crippen molar-refractivity contribution in [3.8, 4) is 0 Å². The lowest BCUT2D eigenvalue weighted by Gasteiger charge is -2.12. The lowest BCUT2D eigenvalue weighted by Crippen LogP contribution is -2.28. The number of hydrogen-bond acceptors (Lipinski definition) is 2. The zero-order valence-corrected chi connectivity index (χ0v) is 12.1. The van der Waals surface area contributed by atoms with Crippen LogP contribution in [0.15, 0.2) is 0 Å². The first-order chi connectivity index (χ1) is 8.82. The Labute approximate surface area is 127 Å². The van der Waals surface area contributed by atoms with Gasteiger partial charge < -0.3 is 9.47 Å². The van der Waals surface area contributed by atoms with Crippen molar-refractivity contribution in [3.63, 3.8) is 0 Å². The maximum Gasteiger partial charge on any atom is 0.445 e. The molecular formula is C6H6Cl4F8O2. The number of hydrogen-bond donors (Lipinski definition) is 0. The molecular weight excluding hydrogens is 398 g/mol. The Morgan fingerprint density at radius 1 is 0.800 bits per heavy atom. The summed E-state index contributed by atoms with van der Waals surface area (Å²) in [5.74, 6) is 0. The molecule has 0 aromatic rings. The number of methoxy groups -OCH3 is 1. The first kappa shape index (κ1) is 25.5. The highest BCUT2D eigenvalue weighted by Crippen LogP contribution is 2.26. The van der Waals surface area contributed by atoms with E-state index >= 15 is 0 Å². The van der Waals surface area contributed by atoms with Crippen LogP contribution < -0.4 is 0 Å². The Hall–Kier alpha value is 0.520. The van der Waals surface area contributed by atoms with Gasteiger partial charge in [0.2, 0.25) is 5.02 Å². The molecule has 0 N–H and O–H groups in total. The molecule has 0 bridgehead atoms. The molecule has 0 aliphatic heterocycles. The van der Waals surface area contributed by atoms with Crippen LogP contribution in [0.5, 0.6) is 0 Å². The standard InChI is InChI=1S/C3H2Cl2F4O.C3H4F4O.Cl2/c4-2(5)10-1(6)3(7,8)9;1-8-2(4)3(5,6)7;1-2/h1-2H;2H,1H3;. The van der Waals surface area contributed by atoms with Gasteiger partial charge in [0.15, 0.2) is 0 Å². The first-order valence-corrected chi connectivity index (χ1v) is 5.86. The van der Waals surface area contributed by atoms with E-state index in [2.05, 4.69) is 54.4 Å². The smallest absolute Gasteiger partial charge is 0.345 e. The van der Waals surface area contributed by atoms with Crippen molar-refractivity contribution in [2.24, 2.45) is 0 Å². The molecule has 0 saturated heterocycles. The lowest BCUT2D eigenvalue weighted by atomic mass is 10.7. The second-order valence-electron chi connectivity index (χ2n) is 2.35. The second-order valence-corrected chi connectivity index (χ2v) is 3.36. The van der Waals surface area contributed by atoms with Crippen molar-refractivity contribution in [2.45, 2.75) is 30.1 Å². The topological polar surface area (TPSA) is 18.5 Å². The van der Waals surface area contributed by atoms with Crippen molar-refractivity contribution in [3.05, 3.63) is 0 Å². The predicted octanol–water partition coefficient (Wildman–Crippen LogP) is 5.49. The molecule has 0 aliphatic rings. The molecule has 0 saturated carbocycles. The summed E-state index contributed by atoms with van der Waals surface area (Å²) in [5, 5.41) is -1.81. The van der Waals surface area contributed by atoms with Gasteiger partial charge in [0, 0.05) is 28.8 Å². The predicted molar refractivity (Wildman–Crippen MR) is 57.2 cm³/mol. The summed E-state index contributed by atoms with van der Waals surface area (Å²) in [6, 6.07) is 0. The van der Waals surface area contributed by atoms with E-state index in [1.807, 2.05) is 0 Å². The van der Waals surface area contributed by atoms with E-state index in [0.29, 0.717) is 7.11 Å². The molecule has 0 amide bonds. The van der Waals surface area contributed by atoms with Crippen molar-refractivity contribution in [1.29, 1.82) is 0 Å². The van der Waals surface area contributed by atoms with Crippen LogP contribution in [0.4, 0.5) is 35.1 Å². The Balaban J connectivity index is -0.000000262. The fourth-order valence-corrected chi connectivity index (χ4v) is 0.482. The van der Waals surface area contributed by atoms with Gasteiger partial charge in [-0.3, -0.25) is 0 Å². The minimum absolute atomic E-state index is 0.651. The van der Waals surface area contributed by atoms with Gasteiger partial charge in [0.05, 0.1) is 0 Å². The quantitative estimate of drug-likeness (QED) is 0.458. The van der Waals surface area contributed by atoms with Gasteiger partial charge in [0.25, 0.3) is 12.7 Å². The number of ether oxygens (including phenoxy) is 2. The van der Waals surface area contributed by atoms with Crippen molar-refractivity contribution < 1.29 is 44.6 Å². The zero-order chi connectivity index (χ0) is 17.1. The van der Waals surface area contributed by atoms with E-state index in [9.17, 15) is 35.1 Å². The van der Waals surface area contributed by atoms with E-state index in [4.69, 9.17) is 0 Å². The average Bonchev–Trinajstić information content (AvgIpc) is 2.28. The monoisotopic (exact) mass is 402 g/mol. The van der Waals surface area contributed by atoms with Gasteiger partial charge in [-0.25, -0.2) is 8.78 Å². The molecule has 0 aliphatic carbocycles. The molecule has 0 aromatic heterocycles. The molecule has 0 spiro atoms. The summed E-state index contributed by atoms with van der Waals surface area (Å²) >= 11 is 9.36. The van der Waals surface area contributed by atoms with Crippen LogP contribution >= 0.6 is 44.9 Å². The van der Waals surface area contributed by atoms with E-state index in [1.165, 1.54) is 0 Å². The number of halogens is 12. The van der Waals surface area contributed by atoms with Gasteiger partial charge in [-0.15, -0.1) is 0 Å². The van der Waals surface area contributed by atoms with E-state index in [1.54, 1.807) is 0 Å².